The Morgan fingerprint density at radius 2 is 2.54 bits per heavy atom. The molecule has 0 bridgehead atoms. The zero-order valence-electron chi connectivity index (χ0n) is 7.47. The number of nitrogens with zero attached hydrogens (tertiary/aromatic N) is 3. The maximum Gasteiger partial charge on any atom is 0.0857 e. The molecule has 1 fully saturated rings. The highest BCUT2D eigenvalue weighted by molar-refractivity contribution is 5.03. The SMILES string of the molecule is CC1CNC(c2ccnnn2)CO1. The third-order valence-corrected chi connectivity index (χ3v) is 2.08. The molecular weight excluding hydrogens is 168 g/mol. The predicted molar refractivity (Wildman–Crippen MR) is 46.0 cm³/mol. The second kappa shape index (κ2) is 3.76. The van der Waals surface area contributed by atoms with Crippen molar-refractivity contribution in [2.45, 2.75) is 19.1 Å². The van der Waals surface area contributed by atoms with E-state index >= 15 is 0 Å². The highest BCUT2D eigenvalue weighted by Gasteiger charge is 2.20. The van der Waals surface area contributed by atoms with Gasteiger partial charge in [-0.05, 0) is 18.2 Å². The van der Waals surface area contributed by atoms with Crippen molar-refractivity contribution in [2.75, 3.05) is 13.2 Å². The van der Waals surface area contributed by atoms with Gasteiger partial charge in [-0.1, -0.05) is 0 Å². The molecule has 1 aromatic heterocycles. The van der Waals surface area contributed by atoms with E-state index in [1.807, 2.05) is 13.0 Å². The number of rotatable bonds is 1. The van der Waals surface area contributed by atoms with Crippen LogP contribution in [0.3, 0.4) is 0 Å². The minimum atomic E-state index is 0.159. The van der Waals surface area contributed by atoms with Crippen LogP contribution in [-0.4, -0.2) is 34.7 Å². The summed E-state index contributed by atoms with van der Waals surface area (Å²) >= 11 is 0. The molecule has 2 rings (SSSR count). The molecule has 2 unspecified atom stereocenters. The first-order valence-electron chi connectivity index (χ1n) is 4.35. The average molecular weight is 180 g/mol. The van der Waals surface area contributed by atoms with Gasteiger partial charge in [0, 0.05) is 6.54 Å². The number of aromatic nitrogens is 3. The molecule has 2 atom stereocenters. The molecule has 70 valence electrons. The van der Waals surface area contributed by atoms with E-state index in [1.165, 1.54) is 0 Å². The van der Waals surface area contributed by atoms with Gasteiger partial charge in [-0.15, -0.1) is 10.2 Å². The summed E-state index contributed by atoms with van der Waals surface area (Å²) in [5.41, 5.74) is 0.891. The number of morpholine rings is 1. The van der Waals surface area contributed by atoms with Crippen LogP contribution in [0, 0.1) is 0 Å². The Morgan fingerprint density at radius 1 is 1.62 bits per heavy atom. The molecule has 0 radical (unpaired) electrons. The Bertz CT molecular complexity index is 258. The lowest BCUT2D eigenvalue weighted by Crippen LogP contribution is -2.40. The van der Waals surface area contributed by atoms with Crippen molar-refractivity contribution in [3.63, 3.8) is 0 Å². The molecule has 5 nitrogen and oxygen atoms in total. The maximum absolute atomic E-state index is 5.49. The van der Waals surface area contributed by atoms with Crippen LogP contribution in [0.25, 0.3) is 0 Å². The van der Waals surface area contributed by atoms with E-state index < -0.39 is 0 Å². The lowest BCUT2D eigenvalue weighted by atomic mass is 10.2. The van der Waals surface area contributed by atoms with Gasteiger partial charge >= 0.3 is 0 Å². The molecule has 2 heterocycles. The smallest absolute Gasteiger partial charge is 0.0857 e. The van der Waals surface area contributed by atoms with Crippen LogP contribution in [0.15, 0.2) is 12.3 Å². The molecule has 1 aromatic rings. The first-order chi connectivity index (χ1) is 6.36. The molecule has 1 aliphatic rings. The van der Waals surface area contributed by atoms with E-state index in [2.05, 4.69) is 20.7 Å². The fourth-order valence-corrected chi connectivity index (χ4v) is 1.31. The Balaban J connectivity index is 2.03. The van der Waals surface area contributed by atoms with E-state index in [0.29, 0.717) is 6.61 Å². The molecule has 0 amide bonds. The van der Waals surface area contributed by atoms with Crippen LogP contribution in [0.1, 0.15) is 18.7 Å². The molecule has 5 heteroatoms. The first-order valence-corrected chi connectivity index (χ1v) is 4.35. The van der Waals surface area contributed by atoms with Gasteiger partial charge < -0.3 is 10.1 Å². The Labute approximate surface area is 76.5 Å². The van der Waals surface area contributed by atoms with Crippen LogP contribution in [0.5, 0.6) is 0 Å². The highest BCUT2D eigenvalue weighted by Crippen LogP contribution is 2.13. The summed E-state index contributed by atoms with van der Waals surface area (Å²) in [6, 6.07) is 2.01. The topological polar surface area (TPSA) is 59.9 Å². The van der Waals surface area contributed by atoms with Crippen LogP contribution >= 0.6 is 0 Å². The lowest BCUT2D eigenvalue weighted by molar-refractivity contribution is 0.0137. The molecule has 13 heavy (non-hydrogen) atoms. The quantitative estimate of drug-likeness (QED) is 0.655. The summed E-state index contributed by atoms with van der Waals surface area (Å²) in [5.74, 6) is 0. The van der Waals surface area contributed by atoms with Gasteiger partial charge in [-0.3, -0.25) is 0 Å². The summed E-state index contributed by atoms with van der Waals surface area (Å²) < 4.78 is 5.49. The highest BCUT2D eigenvalue weighted by atomic mass is 16.5. The Kier molecular flexibility index (Phi) is 2.47. The van der Waals surface area contributed by atoms with Gasteiger partial charge in [0.2, 0.25) is 0 Å². The predicted octanol–water partition coefficient (Wildman–Crippen LogP) is -0.0790. The van der Waals surface area contributed by atoms with Crippen LogP contribution in [0.4, 0.5) is 0 Å². The molecule has 0 spiro atoms. The largest absolute Gasteiger partial charge is 0.375 e. The zero-order chi connectivity index (χ0) is 9.10. The van der Waals surface area contributed by atoms with Crippen molar-refractivity contribution < 1.29 is 4.74 Å². The van der Waals surface area contributed by atoms with E-state index in [-0.39, 0.29) is 12.1 Å². The van der Waals surface area contributed by atoms with Gasteiger partial charge in [-0.25, -0.2) is 0 Å². The van der Waals surface area contributed by atoms with Crippen molar-refractivity contribution in [2.24, 2.45) is 0 Å². The molecule has 1 saturated heterocycles. The summed E-state index contributed by atoms with van der Waals surface area (Å²) in [6.07, 6.45) is 1.92. The van der Waals surface area contributed by atoms with Gasteiger partial charge in [0.05, 0.1) is 30.6 Å². The van der Waals surface area contributed by atoms with Crippen molar-refractivity contribution in [3.05, 3.63) is 18.0 Å². The summed E-state index contributed by atoms with van der Waals surface area (Å²) in [4.78, 5) is 0. The molecule has 0 saturated carbocycles. The Morgan fingerprint density at radius 3 is 3.15 bits per heavy atom. The first kappa shape index (κ1) is 8.52. The van der Waals surface area contributed by atoms with E-state index in [9.17, 15) is 0 Å². The van der Waals surface area contributed by atoms with Crippen LogP contribution in [-0.2, 0) is 4.74 Å². The summed E-state index contributed by atoms with van der Waals surface area (Å²) in [6.45, 7) is 3.55. The number of hydrogen-bond acceptors (Lipinski definition) is 5. The second-order valence-corrected chi connectivity index (χ2v) is 3.15. The molecule has 1 aliphatic heterocycles. The van der Waals surface area contributed by atoms with E-state index in [4.69, 9.17) is 4.74 Å². The van der Waals surface area contributed by atoms with Gasteiger partial charge in [0.25, 0.3) is 0 Å². The van der Waals surface area contributed by atoms with Gasteiger partial charge in [-0.2, -0.15) is 0 Å². The normalized spacial score (nSPS) is 28.7. The summed E-state index contributed by atoms with van der Waals surface area (Å²) in [7, 11) is 0. The number of hydrogen-bond donors (Lipinski definition) is 1. The lowest BCUT2D eigenvalue weighted by Gasteiger charge is -2.27. The maximum atomic E-state index is 5.49. The summed E-state index contributed by atoms with van der Waals surface area (Å²) in [5, 5.41) is 14.5. The van der Waals surface area contributed by atoms with E-state index in [0.717, 1.165) is 12.2 Å². The average Bonchev–Trinajstić information content (AvgIpc) is 2.20. The zero-order valence-corrected chi connectivity index (χ0v) is 7.47. The minimum absolute atomic E-state index is 0.159. The number of nitrogens with one attached hydrogen (secondary N) is 1. The monoisotopic (exact) mass is 180 g/mol. The van der Waals surface area contributed by atoms with Crippen molar-refractivity contribution >= 4 is 0 Å². The van der Waals surface area contributed by atoms with Crippen molar-refractivity contribution in [1.29, 1.82) is 0 Å². The van der Waals surface area contributed by atoms with Crippen molar-refractivity contribution in [1.82, 2.24) is 20.7 Å². The molecule has 0 aromatic carbocycles. The van der Waals surface area contributed by atoms with Gasteiger partial charge in [0.15, 0.2) is 0 Å². The van der Waals surface area contributed by atoms with Crippen LogP contribution < -0.4 is 5.32 Å². The second-order valence-electron chi connectivity index (χ2n) is 3.15. The standard InChI is InChI=1S/C8H12N4O/c1-6-4-9-8(5-13-6)7-2-3-10-12-11-7/h2-3,6,8-9H,4-5H2,1H3. The van der Waals surface area contributed by atoms with Gasteiger partial charge in [0.1, 0.15) is 0 Å². The third kappa shape index (κ3) is 1.99. The minimum Gasteiger partial charge on any atom is -0.375 e. The third-order valence-electron chi connectivity index (χ3n) is 2.08. The molecular formula is C8H12N4O. The van der Waals surface area contributed by atoms with Crippen LogP contribution in [0.2, 0.25) is 0 Å². The fraction of sp³-hybridized carbons (Fsp3) is 0.625. The Hall–Kier alpha value is -1.07. The number of ether oxygens (including phenoxy) is 1. The fourth-order valence-electron chi connectivity index (χ4n) is 1.31. The van der Waals surface area contributed by atoms with E-state index in [1.54, 1.807) is 6.20 Å². The van der Waals surface area contributed by atoms with Crippen molar-refractivity contribution in [3.8, 4) is 0 Å². The molecule has 1 N–H and O–H groups in total. The molecule has 0 aliphatic carbocycles.